The summed E-state index contributed by atoms with van der Waals surface area (Å²) < 4.78 is 5.12. The van der Waals surface area contributed by atoms with Gasteiger partial charge in [-0.3, -0.25) is 9.79 Å². The molecule has 20 heavy (non-hydrogen) atoms. The SMILES string of the molecule is C=NC1=C(N(C)[C@@H](C=O)O[C@@H](C=O)CO)NC=NC1O. The number of hydrogen-bond donors (Lipinski definition) is 3. The molecule has 1 heterocycles. The monoisotopic (exact) mass is 284 g/mol. The molecule has 1 rings (SSSR count). The maximum absolute atomic E-state index is 11.1. The Kier molecular flexibility index (Phi) is 5.97. The molecular formula is C11H16N4O5. The van der Waals surface area contributed by atoms with Crippen LogP contribution < -0.4 is 5.32 Å². The Labute approximate surface area is 115 Å². The van der Waals surface area contributed by atoms with E-state index >= 15 is 0 Å². The maximum atomic E-state index is 11.1. The predicted molar refractivity (Wildman–Crippen MR) is 69.8 cm³/mol. The quantitative estimate of drug-likeness (QED) is 0.263. The first-order valence-electron chi connectivity index (χ1n) is 5.65. The Morgan fingerprint density at radius 1 is 1.65 bits per heavy atom. The average Bonchev–Trinajstić information content (AvgIpc) is 2.47. The number of likely N-dealkylation sites (N-methyl/N-ethyl adjacent to an activating group) is 1. The number of carbonyl (C=O) groups is 2. The van der Waals surface area contributed by atoms with E-state index in [0.29, 0.717) is 12.6 Å². The van der Waals surface area contributed by atoms with Gasteiger partial charge in [-0.25, -0.2) is 4.99 Å². The standard InChI is InChI=1S/C11H16N4O5/c1-12-9-10(13-6-14-11(9)19)15(2)8(5-18)20-7(3-16)4-17/h3,5-8,11,17,19H,1,4H2,2H3,(H,13,14)/t7-,8+,11?/m0/s1. The number of hydrogen-bond acceptors (Lipinski definition) is 9. The van der Waals surface area contributed by atoms with Crippen LogP contribution in [0, 0.1) is 0 Å². The first-order chi connectivity index (χ1) is 9.58. The van der Waals surface area contributed by atoms with Crippen LogP contribution in [0.2, 0.25) is 0 Å². The molecule has 3 atom stereocenters. The summed E-state index contributed by atoms with van der Waals surface area (Å²) in [7, 11) is 1.48. The Hall–Kier alpha value is -2.10. The molecule has 0 saturated carbocycles. The lowest BCUT2D eigenvalue weighted by Gasteiger charge is -2.31. The number of aliphatic hydroxyl groups excluding tert-OH is 2. The van der Waals surface area contributed by atoms with Crippen molar-refractivity contribution in [2.45, 2.75) is 18.6 Å². The van der Waals surface area contributed by atoms with Gasteiger partial charge in [-0.15, -0.1) is 0 Å². The summed E-state index contributed by atoms with van der Waals surface area (Å²) in [6.45, 7) is 2.76. The molecule has 1 aliphatic heterocycles. The fourth-order valence-corrected chi connectivity index (χ4v) is 1.51. The normalized spacial score (nSPS) is 20.9. The number of aldehydes is 2. The lowest BCUT2D eigenvalue weighted by atomic mass is 10.3. The molecule has 0 aromatic carbocycles. The molecule has 1 aliphatic rings. The van der Waals surface area contributed by atoms with Crippen LogP contribution in [-0.4, -0.2) is 73.0 Å². The lowest BCUT2D eigenvalue weighted by Crippen LogP contribution is -2.44. The third-order valence-electron chi connectivity index (χ3n) is 2.57. The summed E-state index contributed by atoms with van der Waals surface area (Å²) in [4.78, 5) is 30.3. The Bertz CT molecular complexity index is 437. The largest absolute Gasteiger partial charge is 0.393 e. The van der Waals surface area contributed by atoms with Crippen LogP contribution in [0.5, 0.6) is 0 Å². The molecule has 9 nitrogen and oxygen atoms in total. The van der Waals surface area contributed by atoms with Crippen LogP contribution in [0.25, 0.3) is 0 Å². The van der Waals surface area contributed by atoms with Crippen LogP contribution in [0.1, 0.15) is 0 Å². The maximum Gasteiger partial charge on any atom is 0.193 e. The van der Waals surface area contributed by atoms with Crippen molar-refractivity contribution in [2.75, 3.05) is 13.7 Å². The fourth-order valence-electron chi connectivity index (χ4n) is 1.51. The smallest absolute Gasteiger partial charge is 0.193 e. The molecule has 110 valence electrons. The van der Waals surface area contributed by atoms with Crippen molar-refractivity contribution < 1.29 is 24.5 Å². The molecule has 0 amide bonds. The number of carbonyl (C=O) groups excluding carboxylic acids is 2. The highest BCUT2D eigenvalue weighted by Gasteiger charge is 2.26. The zero-order valence-corrected chi connectivity index (χ0v) is 10.8. The summed E-state index contributed by atoms with van der Waals surface area (Å²) in [6, 6.07) is 0. The van der Waals surface area contributed by atoms with Crippen molar-refractivity contribution in [3.63, 3.8) is 0 Å². The molecule has 0 bridgehead atoms. The number of aliphatic imine (C=N–C) groups is 2. The van der Waals surface area contributed by atoms with Gasteiger partial charge in [0.15, 0.2) is 25.0 Å². The Morgan fingerprint density at radius 3 is 2.85 bits per heavy atom. The molecule has 0 aliphatic carbocycles. The van der Waals surface area contributed by atoms with Crippen molar-refractivity contribution >= 4 is 25.6 Å². The van der Waals surface area contributed by atoms with E-state index < -0.39 is 25.2 Å². The molecule has 1 unspecified atom stereocenters. The van der Waals surface area contributed by atoms with E-state index in [1.807, 2.05) is 0 Å². The number of nitrogens with one attached hydrogen (secondary N) is 1. The molecule has 9 heteroatoms. The molecule has 0 fully saturated rings. The van der Waals surface area contributed by atoms with Gasteiger partial charge < -0.3 is 30.0 Å². The van der Waals surface area contributed by atoms with Gasteiger partial charge in [0.05, 0.1) is 12.9 Å². The highest BCUT2D eigenvalue weighted by atomic mass is 16.5. The van der Waals surface area contributed by atoms with Crippen molar-refractivity contribution in [1.82, 2.24) is 10.2 Å². The average molecular weight is 284 g/mol. The van der Waals surface area contributed by atoms with Crippen molar-refractivity contribution in [3.05, 3.63) is 11.5 Å². The van der Waals surface area contributed by atoms with Crippen LogP contribution in [0.15, 0.2) is 21.5 Å². The summed E-state index contributed by atoms with van der Waals surface area (Å²) >= 11 is 0. The molecule has 0 saturated heterocycles. The van der Waals surface area contributed by atoms with Crippen LogP contribution in [-0.2, 0) is 14.3 Å². The van der Waals surface area contributed by atoms with Gasteiger partial charge in [-0.2, -0.15) is 0 Å². The second-order valence-corrected chi connectivity index (χ2v) is 3.82. The second-order valence-electron chi connectivity index (χ2n) is 3.82. The third kappa shape index (κ3) is 3.47. The number of aliphatic hydroxyl groups is 2. The first kappa shape index (κ1) is 16.0. The molecule has 0 spiro atoms. The van der Waals surface area contributed by atoms with Crippen molar-refractivity contribution in [1.29, 1.82) is 0 Å². The summed E-state index contributed by atoms with van der Waals surface area (Å²) in [5.74, 6) is 0.252. The summed E-state index contributed by atoms with van der Waals surface area (Å²) in [5.41, 5.74) is 0.108. The van der Waals surface area contributed by atoms with E-state index in [2.05, 4.69) is 22.0 Å². The van der Waals surface area contributed by atoms with E-state index in [-0.39, 0.29) is 11.5 Å². The van der Waals surface area contributed by atoms with Gasteiger partial charge in [-0.1, -0.05) is 0 Å². The van der Waals surface area contributed by atoms with Gasteiger partial charge in [0.25, 0.3) is 0 Å². The van der Waals surface area contributed by atoms with Crippen LogP contribution >= 0.6 is 0 Å². The number of nitrogens with zero attached hydrogens (tertiary/aromatic N) is 3. The zero-order chi connectivity index (χ0) is 15.1. The molecular weight excluding hydrogens is 268 g/mol. The molecule has 0 aromatic rings. The lowest BCUT2D eigenvalue weighted by molar-refractivity contribution is -0.144. The van der Waals surface area contributed by atoms with Crippen molar-refractivity contribution in [3.8, 4) is 0 Å². The van der Waals surface area contributed by atoms with E-state index in [1.54, 1.807) is 0 Å². The van der Waals surface area contributed by atoms with Gasteiger partial charge in [0.1, 0.15) is 17.6 Å². The molecule has 0 radical (unpaired) electrons. The third-order valence-corrected chi connectivity index (χ3v) is 2.57. The Morgan fingerprint density at radius 2 is 2.35 bits per heavy atom. The van der Waals surface area contributed by atoms with Gasteiger partial charge >= 0.3 is 0 Å². The number of rotatable bonds is 8. The van der Waals surface area contributed by atoms with E-state index in [1.165, 1.54) is 18.3 Å². The minimum absolute atomic E-state index is 0.108. The minimum atomic E-state index is -1.21. The highest BCUT2D eigenvalue weighted by molar-refractivity contribution is 5.63. The van der Waals surface area contributed by atoms with Gasteiger partial charge in [0, 0.05) is 7.05 Å². The predicted octanol–water partition coefficient (Wildman–Crippen LogP) is -2.16. The van der Waals surface area contributed by atoms with Crippen LogP contribution in [0.3, 0.4) is 0 Å². The van der Waals surface area contributed by atoms with Crippen LogP contribution in [0.4, 0.5) is 0 Å². The minimum Gasteiger partial charge on any atom is -0.393 e. The summed E-state index contributed by atoms with van der Waals surface area (Å²) in [5, 5.41) is 21.2. The summed E-state index contributed by atoms with van der Waals surface area (Å²) in [6.07, 6.45) is -1.43. The zero-order valence-electron chi connectivity index (χ0n) is 10.8. The topological polar surface area (TPSA) is 124 Å². The Balaban J connectivity index is 2.94. The van der Waals surface area contributed by atoms with Gasteiger partial charge in [0.2, 0.25) is 0 Å². The molecule has 3 N–H and O–H groups in total. The van der Waals surface area contributed by atoms with E-state index in [4.69, 9.17) is 9.84 Å². The second kappa shape index (κ2) is 7.48. The number of ether oxygens (including phenoxy) is 1. The fraction of sp³-hybridized carbons (Fsp3) is 0.455. The van der Waals surface area contributed by atoms with Gasteiger partial charge in [-0.05, 0) is 6.72 Å². The molecule has 0 aromatic heterocycles. The first-order valence-corrected chi connectivity index (χ1v) is 5.65. The van der Waals surface area contributed by atoms with E-state index in [0.717, 1.165) is 0 Å². The van der Waals surface area contributed by atoms with E-state index in [9.17, 15) is 14.7 Å². The van der Waals surface area contributed by atoms with Crippen molar-refractivity contribution in [2.24, 2.45) is 9.98 Å². The highest BCUT2D eigenvalue weighted by Crippen LogP contribution is 2.17.